The Morgan fingerprint density at radius 1 is 1.48 bits per heavy atom. The van der Waals surface area contributed by atoms with Crippen LogP contribution in [0.15, 0.2) is 17.4 Å². The molecule has 2 heterocycles. The van der Waals surface area contributed by atoms with E-state index in [1.165, 1.54) is 18.4 Å². The molecule has 1 fully saturated rings. The quantitative estimate of drug-likeness (QED) is 0.666. The molecule has 2 rings (SSSR count). The first-order valence-corrected chi connectivity index (χ1v) is 7.67. The highest BCUT2D eigenvalue weighted by atomic mass is 15.3. The standard InChI is InChI=1S/C15H28N6/c1-12-5-7-21(8-6-12)15(16)17-10-14(19(2)3)13-9-18-20(4)11-13/h9,11-12,14H,5-8,10H2,1-4H3,(H2,16,17). The molecule has 0 amide bonds. The molecule has 0 saturated carbocycles. The molecule has 1 aromatic rings. The van der Waals surface area contributed by atoms with Crippen molar-refractivity contribution >= 4 is 5.96 Å². The minimum absolute atomic E-state index is 0.209. The van der Waals surface area contributed by atoms with Crippen molar-refractivity contribution in [1.29, 1.82) is 0 Å². The van der Waals surface area contributed by atoms with Gasteiger partial charge in [-0.1, -0.05) is 6.92 Å². The van der Waals surface area contributed by atoms with Gasteiger partial charge in [0.2, 0.25) is 0 Å². The average molecular weight is 292 g/mol. The molecule has 0 aromatic carbocycles. The largest absolute Gasteiger partial charge is 0.370 e. The lowest BCUT2D eigenvalue weighted by Gasteiger charge is -2.31. The molecule has 0 bridgehead atoms. The molecule has 1 saturated heterocycles. The van der Waals surface area contributed by atoms with Crippen molar-refractivity contribution in [2.45, 2.75) is 25.8 Å². The molecule has 1 atom stereocenters. The molecule has 1 aliphatic rings. The molecular weight excluding hydrogens is 264 g/mol. The van der Waals surface area contributed by atoms with Crippen LogP contribution in [0.4, 0.5) is 0 Å². The van der Waals surface area contributed by atoms with E-state index in [0.717, 1.165) is 19.0 Å². The number of aryl methyl sites for hydroxylation is 1. The second kappa shape index (κ2) is 6.93. The van der Waals surface area contributed by atoms with E-state index < -0.39 is 0 Å². The molecule has 2 N–H and O–H groups in total. The van der Waals surface area contributed by atoms with Crippen LogP contribution in [-0.2, 0) is 7.05 Å². The fraction of sp³-hybridized carbons (Fsp3) is 0.733. The number of likely N-dealkylation sites (N-methyl/N-ethyl adjacent to an activating group) is 1. The van der Waals surface area contributed by atoms with E-state index in [-0.39, 0.29) is 6.04 Å². The zero-order chi connectivity index (χ0) is 15.4. The highest BCUT2D eigenvalue weighted by Gasteiger charge is 2.19. The summed E-state index contributed by atoms with van der Waals surface area (Å²) >= 11 is 0. The van der Waals surface area contributed by atoms with Crippen LogP contribution in [-0.4, -0.2) is 59.3 Å². The van der Waals surface area contributed by atoms with Gasteiger partial charge in [0.05, 0.1) is 18.8 Å². The molecule has 6 nitrogen and oxygen atoms in total. The summed E-state index contributed by atoms with van der Waals surface area (Å²) < 4.78 is 1.82. The Bertz CT molecular complexity index is 470. The van der Waals surface area contributed by atoms with E-state index >= 15 is 0 Å². The lowest BCUT2D eigenvalue weighted by atomic mass is 10.00. The highest BCUT2D eigenvalue weighted by molar-refractivity contribution is 5.78. The predicted molar refractivity (Wildman–Crippen MR) is 86.1 cm³/mol. The maximum Gasteiger partial charge on any atom is 0.191 e. The van der Waals surface area contributed by atoms with Crippen LogP contribution in [0, 0.1) is 5.92 Å². The Kier molecular flexibility index (Phi) is 5.22. The van der Waals surface area contributed by atoms with Gasteiger partial charge in [0, 0.05) is 31.9 Å². The zero-order valence-electron chi connectivity index (χ0n) is 13.7. The first-order valence-electron chi connectivity index (χ1n) is 7.67. The number of rotatable bonds is 4. The van der Waals surface area contributed by atoms with E-state index in [2.05, 4.69) is 40.9 Å². The van der Waals surface area contributed by atoms with Crippen LogP contribution >= 0.6 is 0 Å². The van der Waals surface area contributed by atoms with E-state index in [9.17, 15) is 0 Å². The summed E-state index contributed by atoms with van der Waals surface area (Å²) in [5.41, 5.74) is 7.33. The smallest absolute Gasteiger partial charge is 0.191 e. The fourth-order valence-corrected chi connectivity index (χ4v) is 2.70. The minimum atomic E-state index is 0.209. The third-order valence-electron chi connectivity index (χ3n) is 4.27. The number of likely N-dealkylation sites (tertiary alicyclic amines) is 1. The summed E-state index contributed by atoms with van der Waals surface area (Å²) in [6.45, 7) is 5.01. The molecule has 1 unspecified atom stereocenters. The van der Waals surface area contributed by atoms with Crippen molar-refractivity contribution in [1.82, 2.24) is 19.6 Å². The Balaban J connectivity index is 1.99. The second-order valence-electron chi connectivity index (χ2n) is 6.30. The maximum atomic E-state index is 6.16. The van der Waals surface area contributed by atoms with Crippen molar-refractivity contribution in [3.63, 3.8) is 0 Å². The summed E-state index contributed by atoms with van der Waals surface area (Å²) in [5, 5.41) is 4.25. The van der Waals surface area contributed by atoms with Gasteiger partial charge in [0.25, 0.3) is 0 Å². The predicted octanol–water partition coefficient (Wildman–Crippen LogP) is 1.07. The molecule has 1 aromatic heterocycles. The summed E-state index contributed by atoms with van der Waals surface area (Å²) in [6, 6.07) is 0.209. The van der Waals surface area contributed by atoms with Crippen molar-refractivity contribution in [2.75, 3.05) is 33.7 Å². The molecule has 0 radical (unpaired) electrons. The first-order chi connectivity index (χ1) is 9.97. The second-order valence-corrected chi connectivity index (χ2v) is 6.30. The van der Waals surface area contributed by atoms with Gasteiger partial charge in [-0.2, -0.15) is 5.10 Å². The van der Waals surface area contributed by atoms with Crippen LogP contribution in [0.3, 0.4) is 0 Å². The van der Waals surface area contributed by atoms with Crippen LogP contribution in [0.25, 0.3) is 0 Å². The average Bonchev–Trinajstić information content (AvgIpc) is 2.85. The number of hydrogen-bond donors (Lipinski definition) is 1. The van der Waals surface area contributed by atoms with Gasteiger partial charge >= 0.3 is 0 Å². The maximum absolute atomic E-state index is 6.16. The topological polar surface area (TPSA) is 62.7 Å². The number of nitrogens with two attached hydrogens (primary N) is 1. The molecule has 21 heavy (non-hydrogen) atoms. The lowest BCUT2D eigenvalue weighted by Crippen LogP contribution is -2.42. The summed E-state index contributed by atoms with van der Waals surface area (Å²) in [7, 11) is 6.06. The molecule has 0 spiro atoms. The van der Waals surface area contributed by atoms with E-state index in [1.54, 1.807) is 0 Å². The van der Waals surface area contributed by atoms with Crippen molar-refractivity contribution in [3.05, 3.63) is 18.0 Å². The third-order valence-corrected chi connectivity index (χ3v) is 4.27. The van der Waals surface area contributed by atoms with Crippen molar-refractivity contribution < 1.29 is 0 Å². The molecular formula is C15H28N6. The summed E-state index contributed by atoms with van der Waals surface area (Å²) in [6.07, 6.45) is 6.35. The van der Waals surface area contributed by atoms with E-state index in [4.69, 9.17) is 5.73 Å². The Morgan fingerprint density at radius 2 is 2.14 bits per heavy atom. The van der Waals surface area contributed by atoms with Gasteiger partial charge in [-0.3, -0.25) is 9.67 Å². The molecule has 118 valence electrons. The normalized spacial score (nSPS) is 19.3. The number of aromatic nitrogens is 2. The van der Waals surface area contributed by atoms with Gasteiger partial charge in [-0.25, -0.2) is 0 Å². The highest BCUT2D eigenvalue weighted by Crippen LogP contribution is 2.19. The lowest BCUT2D eigenvalue weighted by molar-refractivity contribution is 0.274. The van der Waals surface area contributed by atoms with Crippen molar-refractivity contribution in [2.24, 2.45) is 23.7 Å². The fourth-order valence-electron chi connectivity index (χ4n) is 2.70. The monoisotopic (exact) mass is 292 g/mol. The Morgan fingerprint density at radius 3 is 2.67 bits per heavy atom. The number of piperidine rings is 1. The summed E-state index contributed by atoms with van der Waals surface area (Å²) in [5.74, 6) is 1.48. The van der Waals surface area contributed by atoms with Crippen LogP contribution in [0.1, 0.15) is 31.4 Å². The number of aliphatic imine (C=N–C) groups is 1. The third kappa shape index (κ3) is 4.20. The molecule has 0 aliphatic carbocycles. The minimum Gasteiger partial charge on any atom is -0.370 e. The summed E-state index contributed by atoms with van der Waals surface area (Å²) in [4.78, 5) is 8.98. The SMILES string of the molecule is CC1CCN(C(N)=NCC(c2cnn(C)c2)N(C)C)CC1. The van der Waals surface area contributed by atoms with Gasteiger partial charge in [-0.15, -0.1) is 0 Å². The molecule has 1 aliphatic heterocycles. The first kappa shape index (κ1) is 15.8. The van der Waals surface area contributed by atoms with E-state index in [1.807, 2.05) is 24.1 Å². The van der Waals surface area contributed by atoms with Crippen LogP contribution in [0.5, 0.6) is 0 Å². The molecule has 6 heteroatoms. The van der Waals surface area contributed by atoms with Crippen LogP contribution in [0.2, 0.25) is 0 Å². The number of nitrogens with zero attached hydrogens (tertiary/aromatic N) is 5. The number of hydrogen-bond acceptors (Lipinski definition) is 3. The number of guanidine groups is 1. The van der Waals surface area contributed by atoms with Gasteiger partial charge in [-0.05, 0) is 32.9 Å². The zero-order valence-corrected chi connectivity index (χ0v) is 13.7. The van der Waals surface area contributed by atoms with Gasteiger partial charge in [0.15, 0.2) is 5.96 Å². The van der Waals surface area contributed by atoms with Crippen LogP contribution < -0.4 is 5.73 Å². The Hall–Kier alpha value is -1.56. The van der Waals surface area contributed by atoms with E-state index in [0.29, 0.717) is 12.5 Å². The van der Waals surface area contributed by atoms with Gasteiger partial charge in [0.1, 0.15) is 0 Å². The Labute approximate surface area is 127 Å². The van der Waals surface area contributed by atoms with Crippen molar-refractivity contribution in [3.8, 4) is 0 Å². The van der Waals surface area contributed by atoms with Gasteiger partial charge < -0.3 is 15.5 Å².